The van der Waals surface area contributed by atoms with Crippen LogP contribution in [0.2, 0.25) is 0 Å². The van der Waals surface area contributed by atoms with Crippen molar-refractivity contribution in [3.63, 3.8) is 0 Å². The smallest absolute Gasteiger partial charge is 0.338 e. The highest BCUT2D eigenvalue weighted by atomic mass is 16.5. The summed E-state index contributed by atoms with van der Waals surface area (Å²) < 4.78 is 4.65. The van der Waals surface area contributed by atoms with Crippen LogP contribution in [0.25, 0.3) is 0 Å². The first-order valence-electron chi connectivity index (χ1n) is 5.64. The van der Waals surface area contributed by atoms with Crippen LogP contribution < -0.4 is 5.32 Å². The van der Waals surface area contributed by atoms with E-state index in [0.717, 1.165) is 19.6 Å². The third-order valence-electron chi connectivity index (χ3n) is 2.52. The van der Waals surface area contributed by atoms with Crippen molar-refractivity contribution < 1.29 is 9.53 Å². The molecule has 0 atom stereocenters. The highest BCUT2D eigenvalue weighted by molar-refractivity contribution is 5.89. The number of aromatic nitrogens is 1. The van der Waals surface area contributed by atoms with Gasteiger partial charge in [-0.2, -0.15) is 0 Å². The molecule has 5 nitrogen and oxygen atoms in total. The van der Waals surface area contributed by atoms with Gasteiger partial charge in [0.25, 0.3) is 0 Å². The number of methoxy groups -OCH3 is 1. The lowest BCUT2D eigenvalue weighted by molar-refractivity contribution is 0.0600. The summed E-state index contributed by atoms with van der Waals surface area (Å²) in [5.74, 6) is 0.346. The maximum Gasteiger partial charge on any atom is 0.338 e. The average Bonchev–Trinajstić information content (AvgIpc) is 2.38. The maximum absolute atomic E-state index is 11.3. The number of likely N-dealkylation sites (N-methyl/N-ethyl adjacent to an activating group) is 1. The Labute approximate surface area is 102 Å². The number of nitrogens with one attached hydrogen (secondary N) is 1. The van der Waals surface area contributed by atoms with Crippen LogP contribution in [0.15, 0.2) is 18.3 Å². The second-order valence-electron chi connectivity index (χ2n) is 3.74. The van der Waals surface area contributed by atoms with Gasteiger partial charge in [0.2, 0.25) is 0 Å². The molecule has 1 aromatic rings. The van der Waals surface area contributed by atoms with Gasteiger partial charge < -0.3 is 15.0 Å². The lowest BCUT2D eigenvalue weighted by atomic mass is 10.2. The molecule has 5 heteroatoms. The summed E-state index contributed by atoms with van der Waals surface area (Å²) in [4.78, 5) is 17.6. The number of anilines is 1. The van der Waals surface area contributed by atoms with Crippen molar-refractivity contribution in [2.75, 3.05) is 39.1 Å². The van der Waals surface area contributed by atoms with Crippen molar-refractivity contribution in [2.24, 2.45) is 0 Å². The van der Waals surface area contributed by atoms with E-state index in [1.54, 1.807) is 18.3 Å². The molecule has 0 bridgehead atoms. The van der Waals surface area contributed by atoms with E-state index in [1.807, 2.05) is 0 Å². The zero-order valence-corrected chi connectivity index (χ0v) is 10.6. The van der Waals surface area contributed by atoms with Gasteiger partial charge in [0, 0.05) is 19.3 Å². The second-order valence-corrected chi connectivity index (χ2v) is 3.74. The largest absolute Gasteiger partial charge is 0.465 e. The number of esters is 1. The summed E-state index contributed by atoms with van der Waals surface area (Å²) in [5.41, 5.74) is 0.508. The van der Waals surface area contributed by atoms with E-state index in [9.17, 15) is 4.79 Å². The van der Waals surface area contributed by atoms with Gasteiger partial charge in [-0.15, -0.1) is 0 Å². The van der Waals surface area contributed by atoms with Crippen LogP contribution in [0.1, 0.15) is 17.3 Å². The van der Waals surface area contributed by atoms with Crippen LogP contribution >= 0.6 is 0 Å². The number of rotatable bonds is 6. The Kier molecular flexibility index (Phi) is 5.42. The third-order valence-corrected chi connectivity index (χ3v) is 2.52. The quantitative estimate of drug-likeness (QED) is 0.754. The fraction of sp³-hybridized carbons (Fsp3) is 0.500. The van der Waals surface area contributed by atoms with Crippen molar-refractivity contribution in [3.8, 4) is 0 Å². The second kappa shape index (κ2) is 6.85. The molecule has 1 heterocycles. The number of nitrogens with zero attached hydrogens (tertiary/aromatic N) is 2. The number of carbonyl (C=O) groups excluding carboxylic acids is 1. The minimum atomic E-state index is -0.346. The van der Waals surface area contributed by atoms with Gasteiger partial charge >= 0.3 is 5.97 Å². The fourth-order valence-corrected chi connectivity index (χ4v) is 1.30. The highest BCUT2D eigenvalue weighted by Crippen LogP contribution is 2.07. The van der Waals surface area contributed by atoms with Gasteiger partial charge in [-0.1, -0.05) is 6.92 Å². The lowest BCUT2D eigenvalue weighted by Gasteiger charge is -2.14. The number of hydrogen-bond donors (Lipinski definition) is 1. The van der Waals surface area contributed by atoms with Gasteiger partial charge in [0.1, 0.15) is 5.82 Å². The lowest BCUT2D eigenvalue weighted by Crippen LogP contribution is -2.25. The van der Waals surface area contributed by atoms with E-state index in [2.05, 4.69) is 33.9 Å². The van der Waals surface area contributed by atoms with E-state index >= 15 is 0 Å². The summed E-state index contributed by atoms with van der Waals surface area (Å²) in [7, 11) is 3.42. The minimum absolute atomic E-state index is 0.346. The number of ether oxygens (including phenoxy) is 1. The van der Waals surface area contributed by atoms with Crippen LogP contribution in [0.4, 0.5) is 5.82 Å². The first-order valence-corrected chi connectivity index (χ1v) is 5.64. The number of pyridine rings is 1. The Bertz CT molecular complexity index is 369. The summed E-state index contributed by atoms with van der Waals surface area (Å²) in [6.45, 7) is 4.84. The molecule has 94 valence electrons. The van der Waals surface area contributed by atoms with E-state index in [1.165, 1.54) is 7.11 Å². The van der Waals surface area contributed by atoms with Crippen molar-refractivity contribution >= 4 is 11.8 Å². The Balaban J connectivity index is 2.51. The van der Waals surface area contributed by atoms with Crippen LogP contribution in [-0.2, 0) is 4.74 Å². The molecular formula is C12H19N3O2. The molecule has 0 saturated heterocycles. The normalized spacial score (nSPS) is 10.4. The van der Waals surface area contributed by atoms with Gasteiger partial charge in [-0.3, -0.25) is 0 Å². The van der Waals surface area contributed by atoms with Crippen molar-refractivity contribution in [1.82, 2.24) is 9.88 Å². The van der Waals surface area contributed by atoms with E-state index in [-0.39, 0.29) is 5.97 Å². The standard InChI is InChI=1S/C12H19N3O2/c1-4-15(2)8-7-14-11-9-10(5-6-13-11)12(16)17-3/h5-6,9H,4,7-8H2,1-3H3,(H,13,14). The summed E-state index contributed by atoms with van der Waals surface area (Å²) >= 11 is 0. The number of hydrogen-bond acceptors (Lipinski definition) is 5. The summed E-state index contributed by atoms with van der Waals surface area (Å²) in [6, 6.07) is 3.33. The molecule has 0 saturated carbocycles. The predicted molar refractivity (Wildman–Crippen MR) is 67.2 cm³/mol. The average molecular weight is 237 g/mol. The molecule has 1 aromatic heterocycles. The molecule has 0 fully saturated rings. The van der Waals surface area contributed by atoms with Crippen LogP contribution in [0.3, 0.4) is 0 Å². The summed E-state index contributed by atoms with van der Waals surface area (Å²) in [6.07, 6.45) is 1.60. The van der Waals surface area contributed by atoms with Crippen LogP contribution in [0.5, 0.6) is 0 Å². The van der Waals surface area contributed by atoms with Crippen LogP contribution in [0, 0.1) is 0 Å². The topological polar surface area (TPSA) is 54.5 Å². The molecule has 0 aliphatic carbocycles. The Morgan fingerprint density at radius 1 is 1.59 bits per heavy atom. The molecule has 0 aliphatic heterocycles. The van der Waals surface area contributed by atoms with E-state index < -0.39 is 0 Å². The van der Waals surface area contributed by atoms with Gasteiger partial charge in [-0.05, 0) is 25.7 Å². The van der Waals surface area contributed by atoms with Crippen molar-refractivity contribution in [2.45, 2.75) is 6.92 Å². The SMILES string of the molecule is CCN(C)CCNc1cc(C(=O)OC)ccn1. The minimum Gasteiger partial charge on any atom is -0.465 e. The first kappa shape index (κ1) is 13.4. The van der Waals surface area contributed by atoms with E-state index in [4.69, 9.17) is 0 Å². The number of carbonyl (C=O) groups is 1. The third kappa shape index (κ3) is 4.40. The molecule has 0 radical (unpaired) electrons. The molecule has 0 unspecified atom stereocenters. The molecule has 0 amide bonds. The summed E-state index contributed by atoms with van der Waals surface area (Å²) in [5, 5.41) is 3.17. The van der Waals surface area contributed by atoms with Crippen LogP contribution in [-0.4, -0.2) is 49.6 Å². The van der Waals surface area contributed by atoms with Gasteiger partial charge in [0.15, 0.2) is 0 Å². The monoisotopic (exact) mass is 237 g/mol. The highest BCUT2D eigenvalue weighted by Gasteiger charge is 2.06. The maximum atomic E-state index is 11.3. The van der Waals surface area contributed by atoms with Crippen molar-refractivity contribution in [1.29, 1.82) is 0 Å². The molecule has 0 aliphatic rings. The molecule has 17 heavy (non-hydrogen) atoms. The fourth-order valence-electron chi connectivity index (χ4n) is 1.30. The predicted octanol–water partition coefficient (Wildman–Crippen LogP) is 1.23. The van der Waals surface area contributed by atoms with Gasteiger partial charge in [-0.25, -0.2) is 9.78 Å². The van der Waals surface area contributed by atoms with Gasteiger partial charge in [0.05, 0.1) is 12.7 Å². The Morgan fingerprint density at radius 3 is 3.00 bits per heavy atom. The molecule has 0 spiro atoms. The van der Waals surface area contributed by atoms with Crippen molar-refractivity contribution in [3.05, 3.63) is 23.9 Å². The molecule has 0 aromatic carbocycles. The Morgan fingerprint density at radius 2 is 2.35 bits per heavy atom. The zero-order chi connectivity index (χ0) is 12.7. The molecule has 1 N–H and O–H groups in total. The molecule has 1 rings (SSSR count). The molecular weight excluding hydrogens is 218 g/mol. The Hall–Kier alpha value is -1.62. The first-order chi connectivity index (χ1) is 8.17. The van der Waals surface area contributed by atoms with E-state index in [0.29, 0.717) is 11.4 Å². The zero-order valence-electron chi connectivity index (χ0n) is 10.6.